The zero-order valence-corrected chi connectivity index (χ0v) is 13.8. The highest BCUT2D eigenvalue weighted by molar-refractivity contribution is 7.89. The lowest BCUT2D eigenvalue weighted by Crippen LogP contribution is -2.42. The van der Waals surface area contributed by atoms with Crippen LogP contribution in [0.5, 0.6) is 0 Å². The summed E-state index contributed by atoms with van der Waals surface area (Å²) < 4.78 is 45.4. The molecular formula is C16H24FNO3S. The van der Waals surface area contributed by atoms with E-state index < -0.39 is 10.0 Å². The summed E-state index contributed by atoms with van der Waals surface area (Å²) in [4.78, 5) is 0. The predicted octanol–water partition coefficient (Wildman–Crippen LogP) is 2.45. The molecule has 0 saturated carbocycles. The molecular weight excluding hydrogens is 305 g/mol. The van der Waals surface area contributed by atoms with Gasteiger partial charge < -0.3 is 4.74 Å². The van der Waals surface area contributed by atoms with Crippen LogP contribution in [-0.2, 0) is 21.2 Å². The van der Waals surface area contributed by atoms with Crippen LogP contribution in [0.25, 0.3) is 0 Å². The minimum absolute atomic E-state index is 0.0463. The molecule has 0 aromatic heterocycles. The van der Waals surface area contributed by atoms with Crippen molar-refractivity contribution in [3.63, 3.8) is 0 Å². The van der Waals surface area contributed by atoms with Crippen LogP contribution in [0.1, 0.15) is 25.3 Å². The second-order valence-electron chi connectivity index (χ2n) is 5.68. The Labute approximate surface area is 132 Å². The third-order valence-electron chi connectivity index (χ3n) is 4.02. The zero-order chi connectivity index (χ0) is 16.0. The smallest absolute Gasteiger partial charge is 0.214 e. The maximum Gasteiger partial charge on any atom is 0.214 e. The number of aryl methyl sites for hydroxylation is 1. The van der Waals surface area contributed by atoms with Gasteiger partial charge in [-0.05, 0) is 43.7 Å². The Kier molecular flexibility index (Phi) is 6.35. The van der Waals surface area contributed by atoms with Gasteiger partial charge >= 0.3 is 0 Å². The quantitative estimate of drug-likeness (QED) is 0.772. The normalized spacial score (nSPS) is 20.2. The fraction of sp³-hybridized carbons (Fsp3) is 0.625. The second-order valence-corrected chi connectivity index (χ2v) is 7.77. The highest BCUT2D eigenvalue weighted by atomic mass is 32.2. The summed E-state index contributed by atoms with van der Waals surface area (Å²) in [5.41, 5.74) is 0.453. The molecule has 1 atom stereocenters. The Morgan fingerprint density at radius 3 is 2.86 bits per heavy atom. The monoisotopic (exact) mass is 329 g/mol. The van der Waals surface area contributed by atoms with Gasteiger partial charge in [-0.3, -0.25) is 0 Å². The van der Waals surface area contributed by atoms with E-state index in [9.17, 15) is 12.8 Å². The first-order valence-corrected chi connectivity index (χ1v) is 9.43. The molecule has 124 valence electrons. The Hall–Kier alpha value is -0.980. The molecule has 0 aliphatic carbocycles. The fourth-order valence-electron chi connectivity index (χ4n) is 2.77. The molecule has 4 nitrogen and oxygen atoms in total. The number of hydrogen-bond acceptors (Lipinski definition) is 3. The molecule has 22 heavy (non-hydrogen) atoms. The van der Waals surface area contributed by atoms with Crippen molar-refractivity contribution in [2.75, 3.05) is 32.1 Å². The van der Waals surface area contributed by atoms with E-state index in [1.54, 1.807) is 22.5 Å². The fourth-order valence-corrected chi connectivity index (χ4v) is 4.35. The standard InChI is InChI=1S/C16H24FNO3S/c1-2-21-13-14-6-5-10-18(12-14)22(19,20)11-9-15-7-3-4-8-16(15)17/h3-4,7-8,14H,2,5-6,9-13H2,1H3. The number of rotatable bonds is 7. The van der Waals surface area contributed by atoms with Gasteiger partial charge in [-0.25, -0.2) is 17.1 Å². The van der Waals surface area contributed by atoms with Crippen molar-refractivity contribution in [3.8, 4) is 0 Å². The van der Waals surface area contributed by atoms with Crippen molar-refractivity contribution in [2.45, 2.75) is 26.2 Å². The first-order valence-electron chi connectivity index (χ1n) is 7.82. The molecule has 1 saturated heterocycles. The SMILES string of the molecule is CCOCC1CCCN(S(=O)(=O)CCc2ccccc2F)C1. The summed E-state index contributed by atoms with van der Waals surface area (Å²) in [7, 11) is -3.35. The number of hydrogen-bond donors (Lipinski definition) is 0. The lowest BCUT2D eigenvalue weighted by atomic mass is 10.0. The van der Waals surface area contributed by atoms with E-state index in [0.717, 1.165) is 12.8 Å². The first kappa shape index (κ1) is 17.4. The van der Waals surface area contributed by atoms with E-state index in [1.807, 2.05) is 6.92 Å². The second kappa shape index (κ2) is 8.04. The number of halogens is 1. The molecule has 1 heterocycles. The summed E-state index contributed by atoms with van der Waals surface area (Å²) in [5, 5.41) is 0. The Morgan fingerprint density at radius 2 is 2.14 bits per heavy atom. The van der Waals surface area contributed by atoms with Crippen LogP contribution >= 0.6 is 0 Å². The van der Waals surface area contributed by atoms with Gasteiger partial charge in [0.15, 0.2) is 0 Å². The van der Waals surface area contributed by atoms with Crippen molar-refractivity contribution in [1.82, 2.24) is 4.31 Å². The number of piperidine rings is 1. The van der Waals surface area contributed by atoms with E-state index in [2.05, 4.69) is 0 Å². The van der Waals surface area contributed by atoms with Crippen LogP contribution in [0.3, 0.4) is 0 Å². The Morgan fingerprint density at radius 1 is 1.36 bits per heavy atom. The van der Waals surface area contributed by atoms with Gasteiger partial charge in [-0.1, -0.05) is 18.2 Å². The van der Waals surface area contributed by atoms with E-state index >= 15 is 0 Å². The molecule has 1 fully saturated rings. The van der Waals surface area contributed by atoms with Gasteiger partial charge in [-0.2, -0.15) is 0 Å². The molecule has 1 aromatic carbocycles. The van der Waals surface area contributed by atoms with Crippen LogP contribution < -0.4 is 0 Å². The van der Waals surface area contributed by atoms with Crippen molar-refractivity contribution < 1.29 is 17.5 Å². The maximum absolute atomic E-state index is 13.6. The maximum atomic E-state index is 13.6. The van der Waals surface area contributed by atoms with Gasteiger partial charge in [-0.15, -0.1) is 0 Å². The van der Waals surface area contributed by atoms with E-state index in [1.165, 1.54) is 6.07 Å². The molecule has 0 N–H and O–H groups in total. The van der Waals surface area contributed by atoms with E-state index in [4.69, 9.17) is 4.74 Å². The summed E-state index contributed by atoms with van der Waals surface area (Å²) in [6.07, 6.45) is 2.07. The van der Waals surface area contributed by atoms with E-state index in [-0.39, 0.29) is 23.9 Å². The summed E-state index contributed by atoms with van der Waals surface area (Å²) >= 11 is 0. The van der Waals surface area contributed by atoms with E-state index in [0.29, 0.717) is 31.9 Å². The minimum atomic E-state index is -3.35. The Balaban J connectivity index is 1.93. The highest BCUT2D eigenvalue weighted by Crippen LogP contribution is 2.20. The predicted molar refractivity (Wildman–Crippen MR) is 84.7 cm³/mol. The average Bonchev–Trinajstić information content (AvgIpc) is 2.52. The van der Waals surface area contributed by atoms with Crippen LogP contribution in [0.15, 0.2) is 24.3 Å². The van der Waals surface area contributed by atoms with Gasteiger partial charge in [0.25, 0.3) is 0 Å². The average molecular weight is 329 g/mol. The number of benzene rings is 1. The van der Waals surface area contributed by atoms with Gasteiger partial charge in [0.2, 0.25) is 10.0 Å². The number of sulfonamides is 1. The minimum Gasteiger partial charge on any atom is -0.381 e. The lowest BCUT2D eigenvalue weighted by Gasteiger charge is -2.31. The summed E-state index contributed by atoms with van der Waals surface area (Å²) in [6.45, 7) is 4.26. The molecule has 0 bridgehead atoms. The molecule has 1 aliphatic rings. The third-order valence-corrected chi connectivity index (χ3v) is 5.86. The zero-order valence-electron chi connectivity index (χ0n) is 13.0. The topological polar surface area (TPSA) is 46.6 Å². The van der Waals surface area contributed by atoms with Crippen molar-refractivity contribution in [1.29, 1.82) is 0 Å². The number of ether oxygens (including phenoxy) is 1. The molecule has 0 radical (unpaired) electrons. The number of nitrogens with zero attached hydrogens (tertiary/aromatic N) is 1. The van der Waals surface area contributed by atoms with Gasteiger partial charge in [0.05, 0.1) is 12.4 Å². The van der Waals surface area contributed by atoms with Crippen LogP contribution in [0.4, 0.5) is 4.39 Å². The molecule has 1 aromatic rings. The van der Waals surface area contributed by atoms with Gasteiger partial charge in [0.1, 0.15) is 5.82 Å². The molecule has 6 heteroatoms. The van der Waals surface area contributed by atoms with Crippen molar-refractivity contribution >= 4 is 10.0 Å². The lowest BCUT2D eigenvalue weighted by molar-refractivity contribution is 0.0864. The largest absolute Gasteiger partial charge is 0.381 e. The summed E-state index contributed by atoms with van der Waals surface area (Å²) in [5.74, 6) is -0.127. The summed E-state index contributed by atoms with van der Waals surface area (Å²) in [6, 6.07) is 6.33. The molecule has 0 spiro atoms. The molecule has 0 amide bonds. The van der Waals surface area contributed by atoms with Gasteiger partial charge in [0, 0.05) is 19.7 Å². The Bertz CT molecular complexity index is 577. The molecule has 1 aliphatic heterocycles. The van der Waals surface area contributed by atoms with Crippen LogP contribution in [0, 0.1) is 11.7 Å². The van der Waals surface area contributed by atoms with Crippen LogP contribution in [0.2, 0.25) is 0 Å². The van der Waals surface area contributed by atoms with Crippen molar-refractivity contribution in [3.05, 3.63) is 35.6 Å². The third kappa shape index (κ3) is 4.76. The molecule has 1 unspecified atom stereocenters. The molecule has 2 rings (SSSR count). The van der Waals surface area contributed by atoms with Crippen LogP contribution in [-0.4, -0.2) is 44.8 Å². The highest BCUT2D eigenvalue weighted by Gasteiger charge is 2.28. The van der Waals surface area contributed by atoms with Crippen molar-refractivity contribution in [2.24, 2.45) is 5.92 Å². The first-order chi connectivity index (χ1) is 10.5.